The highest BCUT2D eigenvalue weighted by Crippen LogP contribution is 2.31. The molecule has 1 fully saturated rings. The second-order valence-electron chi connectivity index (χ2n) is 6.32. The van der Waals surface area contributed by atoms with Crippen molar-refractivity contribution in [2.45, 2.75) is 70.1 Å². The molecule has 24 heavy (non-hydrogen) atoms. The van der Waals surface area contributed by atoms with Gasteiger partial charge in [-0.15, -0.1) is 0 Å². The van der Waals surface area contributed by atoms with Gasteiger partial charge in [0.1, 0.15) is 0 Å². The van der Waals surface area contributed by atoms with Crippen molar-refractivity contribution < 1.29 is 14.4 Å². The smallest absolute Gasteiger partial charge is 0.304 e. The Labute approximate surface area is 150 Å². The summed E-state index contributed by atoms with van der Waals surface area (Å²) >= 11 is 3.53. The molecule has 1 aromatic rings. The second kappa shape index (κ2) is 12.3. The van der Waals surface area contributed by atoms with E-state index in [-0.39, 0.29) is 12.3 Å². The van der Waals surface area contributed by atoms with Crippen LogP contribution in [0, 0.1) is 5.92 Å². The van der Waals surface area contributed by atoms with Crippen LogP contribution in [0.1, 0.15) is 75.4 Å². The van der Waals surface area contributed by atoms with Crippen LogP contribution >= 0.6 is 12.6 Å². The molecule has 7 heteroatoms. The Balaban J connectivity index is 0.00000139. The predicted molar refractivity (Wildman–Crippen MR) is 97.4 cm³/mol. The zero-order chi connectivity index (χ0) is 17.8. The van der Waals surface area contributed by atoms with E-state index < -0.39 is 5.97 Å². The van der Waals surface area contributed by atoms with Gasteiger partial charge in [0.15, 0.2) is 5.82 Å². The molecule has 0 spiro atoms. The SMILES string of the molecule is CS.NCCc1noc(C(CCCC2CCCCC2)CC(=O)O)n1. The molecule has 1 aliphatic rings. The van der Waals surface area contributed by atoms with E-state index in [0.29, 0.717) is 24.7 Å². The summed E-state index contributed by atoms with van der Waals surface area (Å²) < 4.78 is 5.24. The highest BCUT2D eigenvalue weighted by molar-refractivity contribution is 7.79. The van der Waals surface area contributed by atoms with E-state index in [1.807, 2.05) is 0 Å². The Morgan fingerprint density at radius 3 is 2.71 bits per heavy atom. The normalized spacial score (nSPS) is 16.3. The minimum atomic E-state index is -0.818. The second-order valence-corrected chi connectivity index (χ2v) is 6.32. The number of hydrogen-bond donors (Lipinski definition) is 3. The highest BCUT2D eigenvalue weighted by Gasteiger charge is 2.22. The molecule has 0 aliphatic heterocycles. The van der Waals surface area contributed by atoms with Crippen LogP contribution in [0.15, 0.2) is 4.52 Å². The summed E-state index contributed by atoms with van der Waals surface area (Å²) in [4.78, 5) is 15.4. The van der Waals surface area contributed by atoms with Crippen LogP contribution in [0.5, 0.6) is 0 Å². The van der Waals surface area contributed by atoms with Crippen LogP contribution in [0.4, 0.5) is 0 Å². The van der Waals surface area contributed by atoms with Gasteiger partial charge < -0.3 is 15.4 Å². The van der Waals surface area contributed by atoms with Crippen molar-refractivity contribution in [3.63, 3.8) is 0 Å². The fraction of sp³-hybridized carbons (Fsp3) is 0.824. The van der Waals surface area contributed by atoms with E-state index in [1.54, 1.807) is 6.26 Å². The quantitative estimate of drug-likeness (QED) is 0.585. The maximum Gasteiger partial charge on any atom is 0.304 e. The summed E-state index contributed by atoms with van der Waals surface area (Å²) in [5.74, 6) is 0.839. The Bertz CT molecular complexity index is 462. The standard InChI is InChI=1S/C16H27N3O3.CH4S/c17-10-9-14-18-16(22-19-14)13(11-15(20)21)8-4-7-12-5-2-1-3-6-12;1-2/h12-13H,1-11,17H2,(H,20,21);2H,1H3. The van der Waals surface area contributed by atoms with Gasteiger partial charge in [0.2, 0.25) is 5.89 Å². The number of thiol groups is 1. The number of rotatable bonds is 9. The summed E-state index contributed by atoms with van der Waals surface area (Å²) in [7, 11) is 0. The number of aliphatic carboxylic acids is 1. The largest absolute Gasteiger partial charge is 0.481 e. The van der Waals surface area contributed by atoms with Crippen LogP contribution in [0.3, 0.4) is 0 Å². The third-order valence-electron chi connectivity index (χ3n) is 4.51. The van der Waals surface area contributed by atoms with Crippen molar-refractivity contribution in [1.82, 2.24) is 10.1 Å². The Kier molecular flexibility index (Phi) is 10.7. The van der Waals surface area contributed by atoms with Crippen molar-refractivity contribution in [2.75, 3.05) is 12.8 Å². The molecular weight excluding hydrogens is 326 g/mol. The fourth-order valence-electron chi connectivity index (χ4n) is 3.32. The number of carbonyl (C=O) groups is 1. The number of hydrogen-bond acceptors (Lipinski definition) is 6. The number of nitrogens with zero attached hydrogens (tertiary/aromatic N) is 2. The summed E-state index contributed by atoms with van der Waals surface area (Å²) in [5, 5.41) is 13.0. The third-order valence-corrected chi connectivity index (χ3v) is 4.51. The number of nitrogens with two attached hydrogens (primary N) is 1. The van der Waals surface area contributed by atoms with Gasteiger partial charge >= 0.3 is 5.97 Å². The molecule has 6 nitrogen and oxygen atoms in total. The molecule has 0 bridgehead atoms. The first-order chi connectivity index (χ1) is 11.7. The number of carboxylic acids is 1. The Hall–Kier alpha value is -1.08. The zero-order valence-electron chi connectivity index (χ0n) is 14.6. The highest BCUT2D eigenvalue weighted by atomic mass is 32.1. The first-order valence-corrected chi connectivity index (χ1v) is 9.77. The average molecular weight is 358 g/mol. The molecule has 1 aliphatic carbocycles. The summed E-state index contributed by atoms with van der Waals surface area (Å²) in [5.41, 5.74) is 5.47. The van der Waals surface area contributed by atoms with Gasteiger partial charge in [-0.3, -0.25) is 4.79 Å². The molecule has 1 aromatic heterocycles. The van der Waals surface area contributed by atoms with Crippen LogP contribution in [-0.4, -0.2) is 34.0 Å². The molecule has 2 rings (SSSR count). The van der Waals surface area contributed by atoms with E-state index in [9.17, 15) is 4.79 Å². The van der Waals surface area contributed by atoms with Crippen LogP contribution in [0.2, 0.25) is 0 Å². The molecular formula is C17H31N3O3S. The van der Waals surface area contributed by atoms with Gasteiger partial charge in [-0.25, -0.2) is 0 Å². The molecule has 1 heterocycles. The van der Waals surface area contributed by atoms with Gasteiger partial charge in [-0.05, 0) is 25.1 Å². The lowest BCUT2D eigenvalue weighted by molar-refractivity contribution is -0.137. The molecule has 0 amide bonds. The van der Waals surface area contributed by atoms with Crippen LogP contribution < -0.4 is 5.73 Å². The number of aromatic nitrogens is 2. The lowest BCUT2D eigenvalue weighted by atomic mass is 9.84. The first-order valence-electron chi connectivity index (χ1n) is 8.88. The van der Waals surface area contributed by atoms with Crippen molar-refractivity contribution in [2.24, 2.45) is 11.7 Å². The van der Waals surface area contributed by atoms with Crippen LogP contribution in [-0.2, 0) is 11.2 Å². The average Bonchev–Trinajstić information content (AvgIpc) is 3.05. The molecule has 1 unspecified atom stereocenters. The van der Waals surface area contributed by atoms with E-state index in [2.05, 4.69) is 22.8 Å². The summed E-state index contributed by atoms with van der Waals surface area (Å²) in [6.07, 6.45) is 12.0. The van der Waals surface area contributed by atoms with E-state index in [0.717, 1.165) is 18.8 Å². The lowest BCUT2D eigenvalue weighted by Gasteiger charge is -2.21. The predicted octanol–water partition coefficient (Wildman–Crippen LogP) is 3.43. The molecule has 0 aromatic carbocycles. The topological polar surface area (TPSA) is 102 Å². The van der Waals surface area contributed by atoms with E-state index in [1.165, 1.54) is 38.5 Å². The van der Waals surface area contributed by atoms with Crippen molar-refractivity contribution in [1.29, 1.82) is 0 Å². The molecule has 0 saturated heterocycles. The summed E-state index contributed by atoms with van der Waals surface area (Å²) in [6, 6.07) is 0. The molecule has 1 atom stereocenters. The molecule has 3 N–H and O–H groups in total. The Morgan fingerprint density at radius 1 is 1.38 bits per heavy atom. The minimum Gasteiger partial charge on any atom is -0.481 e. The van der Waals surface area contributed by atoms with Crippen LogP contribution in [0.25, 0.3) is 0 Å². The molecule has 0 radical (unpaired) electrons. The van der Waals surface area contributed by atoms with Crippen molar-refractivity contribution in [3.05, 3.63) is 11.7 Å². The maximum absolute atomic E-state index is 11.1. The van der Waals surface area contributed by atoms with E-state index in [4.69, 9.17) is 15.4 Å². The van der Waals surface area contributed by atoms with E-state index >= 15 is 0 Å². The van der Waals surface area contributed by atoms with Crippen molar-refractivity contribution in [3.8, 4) is 0 Å². The monoisotopic (exact) mass is 357 g/mol. The molecule has 138 valence electrons. The maximum atomic E-state index is 11.1. The first kappa shape index (κ1) is 21.0. The molecule has 1 saturated carbocycles. The lowest BCUT2D eigenvalue weighted by Crippen LogP contribution is -2.10. The third kappa shape index (κ3) is 7.66. The Morgan fingerprint density at radius 2 is 2.08 bits per heavy atom. The van der Waals surface area contributed by atoms with Gasteiger partial charge in [0.25, 0.3) is 0 Å². The van der Waals surface area contributed by atoms with Gasteiger partial charge in [0.05, 0.1) is 6.42 Å². The fourth-order valence-corrected chi connectivity index (χ4v) is 3.32. The van der Waals surface area contributed by atoms with Gasteiger partial charge in [-0.2, -0.15) is 17.6 Å². The van der Waals surface area contributed by atoms with Gasteiger partial charge in [0, 0.05) is 12.3 Å². The van der Waals surface area contributed by atoms with Gasteiger partial charge in [-0.1, -0.05) is 50.1 Å². The zero-order valence-corrected chi connectivity index (χ0v) is 15.5. The van der Waals surface area contributed by atoms with Crippen molar-refractivity contribution >= 4 is 18.6 Å². The number of carboxylic acid groups (broad SMARTS) is 1. The minimum absolute atomic E-state index is 0.0505. The summed E-state index contributed by atoms with van der Waals surface area (Å²) in [6.45, 7) is 0.463.